The molecule has 0 heterocycles. The van der Waals surface area contributed by atoms with Crippen LogP contribution in [0.5, 0.6) is 0 Å². The van der Waals surface area contributed by atoms with Crippen LogP contribution < -0.4 is 5.32 Å². The molecule has 0 radical (unpaired) electrons. The molecular formula is C17H22F3N. The highest BCUT2D eigenvalue weighted by molar-refractivity contribution is 5.46. The fourth-order valence-electron chi connectivity index (χ4n) is 3.99. The molecule has 2 aliphatic rings. The van der Waals surface area contributed by atoms with E-state index >= 15 is 0 Å². The maximum absolute atomic E-state index is 12.5. The van der Waals surface area contributed by atoms with Gasteiger partial charge in [-0.1, -0.05) is 12.8 Å². The maximum Gasteiger partial charge on any atom is 0.416 e. The van der Waals surface area contributed by atoms with Crippen LogP contribution >= 0.6 is 0 Å². The van der Waals surface area contributed by atoms with Crippen molar-refractivity contribution in [3.05, 3.63) is 29.8 Å². The average Bonchev–Trinajstić information content (AvgIpc) is 2.90. The van der Waals surface area contributed by atoms with Crippen LogP contribution in [0.25, 0.3) is 0 Å². The van der Waals surface area contributed by atoms with E-state index in [0.29, 0.717) is 11.5 Å². The number of rotatable bonds is 2. The third-order valence-corrected chi connectivity index (χ3v) is 5.29. The fraction of sp³-hybridized carbons (Fsp3) is 0.647. The van der Waals surface area contributed by atoms with Crippen molar-refractivity contribution in [3.63, 3.8) is 0 Å². The SMILES string of the molecule is FC(F)(F)c1ccc(NC2CCC3(CCCC3)CC2)cc1. The molecule has 1 N–H and O–H groups in total. The Morgan fingerprint density at radius 1 is 0.905 bits per heavy atom. The molecule has 2 aliphatic carbocycles. The monoisotopic (exact) mass is 297 g/mol. The van der Waals surface area contributed by atoms with Crippen molar-refractivity contribution in [1.29, 1.82) is 0 Å². The summed E-state index contributed by atoms with van der Waals surface area (Å²) >= 11 is 0. The minimum absolute atomic E-state index is 0.410. The van der Waals surface area contributed by atoms with Crippen LogP contribution in [-0.4, -0.2) is 6.04 Å². The molecule has 0 bridgehead atoms. The maximum atomic E-state index is 12.5. The molecule has 116 valence electrons. The minimum atomic E-state index is -4.25. The number of hydrogen-bond donors (Lipinski definition) is 1. The summed E-state index contributed by atoms with van der Waals surface area (Å²) in [6, 6.07) is 5.81. The highest BCUT2D eigenvalue weighted by atomic mass is 19.4. The van der Waals surface area contributed by atoms with Crippen LogP contribution in [0.1, 0.15) is 56.9 Å². The van der Waals surface area contributed by atoms with Crippen molar-refractivity contribution >= 4 is 5.69 Å². The van der Waals surface area contributed by atoms with Gasteiger partial charge in [0.05, 0.1) is 5.56 Å². The van der Waals surface area contributed by atoms with Gasteiger partial charge in [0.25, 0.3) is 0 Å². The zero-order valence-corrected chi connectivity index (χ0v) is 12.2. The van der Waals surface area contributed by atoms with Crippen molar-refractivity contribution in [2.75, 3.05) is 5.32 Å². The van der Waals surface area contributed by atoms with Crippen molar-refractivity contribution in [2.24, 2.45) is 5.41 Å². The van der Waals surface area contributed by atoms with Gasteiger partial charge in [0.15, 0.2) is 0 Å². The van der Waals surface area contributed by atoms with Crippen LogP contribution in [-0.2, 0) is 6.18 Å². The molecule has 0 aliphatic heterocycles. The summed E-state index contributed by atoms with van der Waals surface area (Å²) in [7, 11) is 0. The molecule has 1 spiro atoms. The van der Waals surface area contributed by atoms with Gasteiger partial charge in [0, 0.05) is 11.7 Å². The molecule has 0 unspecified atom stereocenters. The summed E-state index contributed by atoms with van der Waals surface area (Å²) in [6.07, 6.45) is 6.06. The molecule has 2 fully saturated rings. The summed E-state index contributed by atoms with van der Waals surface area (Å²) in [5.74, 6) is 0. The first-order chi connectivity index (χ1) is 9.97. The molecule has 0 saturated heterocycles. The molecule has 21 heavy (non-hydrogen) atoms. The van der Waals surface area contributed by atoms with Gasteiger partial charge in [-0.3, -0.25) is 0 Å². The third-order valence-electron chi connectivity index (χ3n) is 5.29. The molecule has 4 heteroatoms. The van der Waals surface area contributed by atoms with E-state index in [0.717, 1.165) is 30.7 Å². The summed E-state index contributed by atoms with van der Waals surface area (Å²) in [5.41, 5.74) is 0.815. The largest absolute Gasteiger partial charge is 0.416 e. The highest BCUT2D eigenvalue weighted by Gasteiger charge is 2.37. The lowest BCUT2D eigenvalue weighted by Gasteiger charge is -2.37. The number of nitrogens with one attached hydrogen (secondary N) is 1. The Morgan fingerprint density at radius 3 is 2.00 bits per heavy atom. The summed E-state index contributed by atoms with van der Waals surface area (Å²) in [6.45, 7) is 0. The van der Waals surface area contributed by atoms with Gasteiger partial charge in [-0.05, 0) is 68.2 Å². The quantitative estimate of drug-likeness (QED) is 0.747. The normalized spacial score (nSPS) is 22.6. The van der Waals surface area contributed by atoms with E-state index in [2.05, 4.69) is 5.32 Å². The smallest absolute Gasteiger partial charge is 0.382 e. The molecule has 0 amide bonds. The van der Waals surface area contributed by atoms with E-state index in [-0.39, 0.29) is 0 Å². The lowest BCUT2D eigenvalue weighted by molar-refractivity contribution is -0.137. The first-order valence-corrected chi connectivity index (χ1v) is 7.91. The van der Waals surface area contributed by atoms with Crippen LogP contribution in [0.15, 0.2) is 24.3 Å². The lowest BCUT2D eigenvalue weighted by Crippen LogP contribution is -2.31. The Hall–Kier alpha value is -1.19. The second-order valence-electron chi connectivity index (χ2n) is 6.70. The molecule has 3 rings (SSSR count). The van der Waals surface area contributed by atoms with Gasteiger partial charge in [-0.2, -0.15) is 13.2 Å². The summed E-state index contributed by atoms with van der Waals surface area (Å²) in [5, 5.41) is 3.40. The van der Waals surface area contributed by atoms with Crippen LogP contribution in [0.4, 0.5) is 18.9 Å². The topological polar surface area (TPSA) is 12.0 Å². The lowest BCUT2D eigenvalue weighted by atomic mass is 9.71. The van der Waals surface area contributed by atoms with Crippen molar-refractivity contribution in [2.45, 2.75) is 63.6 Å². The van der Waals surface area contributed by atoms with Gasteiger partial charge in [-0.15, -0.1) is 0 Å². The molecule has 2 saturated carbocycles. The van der Waals surface area contributed by atoms with Gasteiger partial charge < -0.3 is 5.32 Å². The Bertz CT molecular complexity index is 462. The van der Waals surface area contributed by atoms with Gasteiger partial charge in [0.2, 0.25) is 0 Å². The van der Waals surface area contributed by atoms with Crippen molar-refractivity contribution in [3.8, 4) is 0 Å². The van der Waals surface area contributed by atoms with E-state index in [1.807, 2.05) is 0 Å². The summed E-state index contributed by atoms with van der Waals surface area (Å²) < 4.78 is 37.6. The van der Waals surface area contributed by atoms with Crippen LogP contribution in [0.2, 0.25) is 0 Å². The first-order valence-electron chi connectivity index (χ1n) is 7.91. The number of halogens is 3. The zero-order chi connectivity index (χ0) is 14.9. The number of benzene rings is 1. The Kier molecular flexibility index (Phi) is 3.89. The molecule has 0 atom stereocenters. The standard InChI is InChI=1S/C17H22F3N/c18-17(19,20)13-3-5-14(6-4-13)21-15-7-11-16(12-8-15)9-1-2-10-16/h3-6,15,21H,1-2,7-12H2. The van der Waals surface area contributed by atoms with E-state index < -0.39 is 11.7 Å². The Balaban J connectivity index is 1.55. The Labute approximate surface area is 123 Å². The number of alkyl halides is 3. The molecule has 0 aromatic heterocycles. The molecular weight excluding hydrogens is 275 g/mol. The number of anilines is 1. The average molecular weight is 297 g/mol. The zero-order valence-electron chi connectivity index (χ0n) is 12.2. The predicted octanol–water partition coefficient (Wildman–Crippen LogP) is 5.62. The Morgan fingerprint density at radius 2 is 1.48 bits per heavy atom. The highest BCUT2D eigenvalue weighted by Crippen LogP contribution is 2.49. The van der Waals surface area contributed by atoms with Gasteiger partial charge in [-0.25, -0.2) is 0 Å². The van der Waals surface area contributed by atoms with E-state index in [4.69, 9.17) is 0 Å². The minimum Gasteiger partial charge on any atom is -0.382 e. The van der Waals surface area contributed by atoms with Crippen LogP contribution in [0.3, 0.4) is 0 Å². The van der Waals surface area contributed by atoms with Crippen molar-refractivity contribution < 1.29 is 13.2 Å². The van der Waals surface area contributed by atoms with E-state index in [9.17, 15) is 13.2 Å². The second-order valence-corrected chi connectivity index (χ2v) is 6.70. The fourth-order valence-corrected chi connectivity index (χ4v) is 3.99. The second kappa shape index (κ2) is 5.54. The number of hydrogen-bond acceptors (Lipinski definition) is 1. The van der Waals surface area contributed by atoms with Crippen molar-refractivity contribution in [1.82, 2.24) is 0 Å². The van der Waals surface area contributed by atoms with Gasteiger partial charge >= 0.3 is 6.18 Å². The van der Waals surface area contributed by atoms with Gasteiger partial charge in [0.1, 0.15) is 0 Å². The van der Waals surface area contributed by atoms with E-state index in [1.54, 1.807) is 12.1 Å². The summed E-state index contributed by atoms with van der Waals surface area (Å²) in [4.78, 5) is 0. The molecule has 1 nitrogen and oxygen atoms in total. The molecule has 1 aromatic rings. The first kappa shape index (κ1) is 14.7. The predicted molar refractivity (Wildman–Crippen MR) is 78.2 cm³/mol. The van der Waals surface area contributed by atoms with Crippen LogP contribution in [0, 0.1) is 5.41 Å². The molecule has 1 aromatic carbocycles. The van der Waals surface area contributed by atoms with E-state index in [1.165, 1.54) is 38.5 Å². The third kappa shape index (κ3) is 3.35.